The predicted octanol–water partition coefficient (Wildman–Crippen LogP) is 1.38. The summed E-state index contributed by atoms with van der Waals surface area (Å²) >= 11 is 0. The third kappa shape index (κ3) is 6.19. The molecule has 0 spiro atoms. The Kier molecular flexibility index (Phi) is 7.27. The topological polar surface area (TPSA) is 30.3 Å². The van der Waals surface area contributed by atoms with Crippen LogP contribution in [-0.4, -0.2) is 45.9 Å². The molecule has 0 aromatic heterocycles. The van der Waals surface area contributed by atoms with Gasteiger partial charge in [-0.25, -0.2) is 0 Å². The Hall–Kier alpha value is -0.900. The Bertz CT molecular complexity index is 481. The quantitative estimate of drug-likeness (QED) is 0.691. The zero-order chi connectivity index (χ0) is 17.6. The van der Waals surface area contributed by atoms with Crippen LogP contribution in [0.1, 0.15) is 50.2 Å². The zero-order valence-corrected chi connectivity index (χ0v) is 16.4. The SMILES string of the molecule is Cc1ccc([C@H](CC[NH2+]CC[NH+](C)C)[C@@H]2CCOC(C)(C)C2)cc1. The largest absolute Gasteiger partial charge is 0.376 e. The molecule has 2 atom stereocenters. The van der Waals surface area contributed by atoms with Crippen molar-refractivity contribution >= 4 is 0 Å². The molecule has 1 fully saturated rings. The third-order valence-corrected chi connectivity index (χ3v) is 5.34. The van der Waals surface area contributed by atoms with Gasteiger partial charge in [-0.05, 0) is 51.0 Å². The van der Waals surface area contributed by atoms with E-state index in [1.54, 1.807) is 0 Å². The van der Waals surface area contributed by atoms with Crippen LogP contribution in [0, 0.1) is 12.8 Å². The van der Waals surface area contributed by atoms with Gasteiger partial charge in [-0.1, -0.05) is 29.8 Å². The van der Waals surface area contributed by atoms with Crippen molar-refractivity contribution in [2.75, 3.05) is 40.3 Å². The molecule has 24 heavy (non-hydrogen) atoms. The highest BCUT2D eigenvalue weighted by atomic mass is 16.5. The van der Waals surface area contributed by atoms with Crippen LogP contribution in [0.4, 0.5) is 0 Å². The smallest absolute Gasteiger partial charge is 0.126 e. The van der Waals surface area contributed by atoms with Crippen LogP contribution in [0.5, 0.6) is 0 Å². The van der Waals surface area contributed by atoms with E-state index in [2.05, 4.69) is 64.4 Å². The lowest BCUT2D eigenvalue weighted by Gasteiger charge is -2.39. The molecule has 1 saturated heterocycles. The molecular formula is C21H38N2O+2. The van der Waals surface area contributed by atoms with Crippen molar-refractivity contribution in [3.63, 3.8) is 0 Å². The molecule has 0 bridgehead atoms. The lowest BCUT2D eigenvalue weighted by atomic mass is 9.75. The number of nitrogens with two attached hydrogens (primary N) is 1. The molecule has 0 saturated carbocycles. The summed E-state index contributed by atoms with van der Waals surface area (Å²) in [5, 5.41) is 2.50. The highest BCUT2D eigenvalue weighted by molar-refractivity contribution is 5.25. The molecule has 0 unspecified atom stereocenters. The van der Waals surface area contributed by atoms with E-state index in [9.17, 15) is 0 Å². The van der Waals surface area contributed by atoms with Crippen LogP contribution in [0.25, 0.3) is 0 Å². The summed E-state index contributed by atoms with van der Waals surface area (Å²) in [6.45, 7) is 11.3. The van der Waals surface area contributed by atoms with Crippen molar-refractivity contribution in [1.82, 2.24) is 0 Å². The van der Waals surface area contributed by atoms with Crippen molar-refractivity contribution in [2.24, 2.45) is 5.92 Å². The number of nitrogens with one attached hydrogen (secondary N) is 1. The van der Waals surface area contributed by atoms with Crippen molar-refractivity contribution in [3.8, 4) is 0 Å². The summed E-state index contributed by atoms with van der Waals surface area (Å²) in [6.07, 6.45) is 3.64. The van der Waals surface area contributed by atoms with Gasteiger partial charge in [-0.2, -0.15) is 0 Å². The molecule has 136 valence electrons. The maximum Gasteiger partial charge on any atom is 0.126 e. The Morgan fingerprint density at radius 3 is 2.54 bits per heavy atom. The number of likely N-dealkylation sites (N-methyl/N-ethyl adjacent to an activating group) is 1. The van der Waals surface area contributed by atoms with Crippen LogP contribution >= 0.6 is 0 Å². The molecule has 1 aromatic rings. The van der Waals surface area contributed by atoms with Crippen LogP contribution in [0.15, 0.2) is 24.3 Å². The first-order chi connectivity index (χ1) is 11.4. The number of hydrogen-bond donors (Lipinski definition) is 2. The summed E-state index contributed by atoms with van der Waals surface area (Å²) < 4.78 is 5.96. The summed E-state index contributed by atoms with van der Waals surface area (Å²) in [7, 11) is 4.46. The number of hydrogen-bond acceptors (Lipinski definition) is 1. The molecule has 3 heteroatoms. The molecule has 1 aromatic carbocycles. The van der Waals surface area contributed by atoms with Crippen molar-refractivity contribution in [3.05, 3.63) is 35.4 Å². The maximum atomic E-state index is 5.96. The van der Waals surface area contributed by atoms with Crippen molar-refractivity contribution in [1.29, 1.82) is 0 Å². The van der Waals surface area contributed by atoms with Gasteiger partial charge in [0, 0.05) is 13.0 Å². The highest BCUT2D eigenvalue weighted by Gasteiger charge is 2.34. The first kappa shape index (κ1) is 19.4. The number of quaternary nitrogens is 2. The molecule has 1 heterocycles. The van der Waals surface area contributed by atoms with Gasteiger partial charge in [0.2, 0.25) is 0 Å². The van der Waals surface area contributed by atoms with Gasteiger partial charge < -0.3 is 15.0 Å². The van der Waals surface area contributed by atoms with Gasteiger partial charge in [0.15, 0.2) is 0 Å². The second-order valence-electron chi connectivity index (χ2n) is 8.49. The maximum absolute atomic E-state index is 5.96. The minimum atomic E-state index is 0.0316. The Morgan fingerprint density at radius 1 is 1.21 bits per heavy atom. The molecule has 2 rings (SSSR count). The molecule has 0 aliphatic carbocycles. The van der Waals surface area contributed by atoms with Gasteiger partial charge in [0.25, 0.3) is 0 Å². The average Bonchev–Trinajstić information content (AvgIpc) is 2.51. The minimum Gasteiger partial charge on any atom is -0.376 e. The highest BCUT2D eigenvalue weighted by Crippen LogP contribution is 2.39. The molecule has 1 aliphatic heterocycles. The van der Waals surface area contributed by atoms with E-state index in [0.717, 1.165) is 12.5 Å². The molecule has 1 aliphatic rings. The number of benzene rings is 1. The summed E-state index contributed by atoms with van der Waals surface area (Å²) in [5.41, 5.74) is 2.91. The standard InChI is InChI=1S/C21H36N2O/c1-17-6-8-18(9-7-17)20(10-12-22-13-14-23(4)5)19-11-15-24-21(2,3)16-19/h6-9,19-20,22H,10-16H2,1-5H3/p+2/t19-,20+/m1/s1. The zero-order valence-electron chi connectivity index (χ0n) is 16.4. The van der Waals surface area contributed by atoms with E-state index in [-0.39, 0.29) is 5.60 Å². The summed E-state index contributed by atoms with van der Waals surface area (Å²) in [4.78, 5) is 1.53. The minimum absolute atomic E-state index is 0.0316. The first-order valence-electron chi connectivity index (χ1n) is 9.68. The summed E-state index contributed by atoms with van der Waals surface area (Å²) in [6, 6.07) is 9.25. The van der Waals surface area contributed by atoms with Crippen LogP contribution in [-0.2, 0) is 4.74 Å². The molecule has 0 amide bonds. The lowest BCUT2D eigenvalue weighted by Crippen LogP contribution is -3.09. The lowest BCUT2D eigenvalue weighted by molar-refractivity contribution is -0.874. The molecular weight excluding hydrogens is 296 g/mol. The normalized spacial score (nSPS) is 21.8. The van der Waals surface area contributed by atoms with E-state index >= 15 is 0 Å². The number of ether oxygens (including phenoxy) is 1. The number of rotatable bonds is 8. The Morgan fingerprint density at radius 2 is 1.92 bits per heavy atom. The molecule has 3 nitrogen and oxygen atoms in total. The van der Waals surface area contributed by atoms with Gasteiger partial charge in [0.05, 0.1) is 26.2 Å². The second kappa shape index (κ2) is 8.98. The van der Waals surface area contributed by atoms with Crippen LogP contribution in [0.3, 0.4) is 0 Å². The second-order valence-corrected chi connectivity index (χ2v) is 8.49. The summed E-state index contributed by atoms with van der Waals surface area (Å²) in [5.74, 6) is 1.40. The van der Waals surface area contributed by atoms with E-state index in [4.69, 9.17) is 4.74 Å². The Labute approximate surface area is 148 Å². The van der Waals surface area contributed by atoms with Crippen LogP contribution in [0.2, 0.25) is 0 Å². The third-order valence-electron chi connectivity index (χ3n) is 5.34. The average molecular weight is 335 g/mol. The van der Waals surface area contributed by atoms with Gasteiger partial charge in [-0.15, -0.1) is 0 Å². The predicted molar refractivity (Wildman–Crippen MR) is 101 cm³/mol. The Balaban J connectivity index is 2.00. The van der Waals surface area contributed by atoms with Crippen molar-refractivity contribution < 1.29 is 15.0 Å². The van der Waals surface area contributed by atoms with Gasteiger partial charge in [-0.3, -0.25) is 0 Å². The van der Waals surface area contributed by atoms with E-state index in [1.165, 1.54) is 54.9 Å². The van der Waals surface area contributed by atoms with E-state index < -0.39 is 0 Å². The molecule has 0 radical (unpaired) electrons. The van der Waals surface area contributed by atoms with Crippen molar-refractivity contribution in [2.45, 2.75) is 51.6 Å². The monoisotopic (exact) mass is 334 g/mol. The fourth-order valence-electron chi connectivity index (χ4n) is 3.94. The fraction of sp³-hybridized carbons (Fsp3) is 0.714. The van der Waals surface area contributed by atoms with E-state index in [0.29, 0.717) is 5.92 Å². The van der Waals surface area contributed by atoms with Gasteiger partial charge >= 0.3 is 0 Å². The van der Waals surface area contributed by atoms with Gasteiger partial charge in [0.1, 0.15) is 13.1 Å². The molecule has 3 N–H and O–H groups in total. The van der Waals surface area contributed by atoms with E-state index in [1.807, 2.05) is 0 Å². The fourth-order valence-corrected chi connectivity index (χ4v) is 3.94. The number of aryl methyl sites for hydroxylation is 1. The first-order valence-corrected chi connectivity index (χ1v) is 9.68. The van der Waals surface area contributed by atoms with Crippen LogP contribution < -0.4 is 10.2 Å².